The average molecular weight is 268 g/mol. The predicted molar refractivity (Wildman–Crippen MR) is 73.4 cm³/mol. The third-order valence-electron chi connectivity index (χ3n) is 3.37. The molecule has 0 aliphatic carbocycles. The summed E-state index contributed by atoms with van der Waals surface area (Å²) in [6.07, 6.45) is 8.91. The van der Waals surface area contributed by atoms with Crippen LogP contribution in [-0.4, -0.2) is 6.29 Å². The van der Waals surface area contributed by atoms with Crippen LogP contribution in [0.3, 0.4) is 0 Å². The van der Waals surface area contributed by atoms with E-state index in [9.17, 15) is 13.6 Å². The second-order valence-electron chi connectivity index (χ2n) is 4.93. The fourth-order valence-electron chi connectivity index (χ4n) is 2.16. The number of hydrogen-bond donors (Lipinski definition) is 0. The molecular weight excluding hydrogens is 246 g/mol. The van der Waals surface area contributed by atoms with Gasteiger partial charge in [-0.2, -0.15) is 0 Å². The molecule has 0 saturated carbocycles. The Labute approximate surface area is 114 Å². The van der Waals surface area contributed by atoms with Gasteiger partial charge in [-0.05, 0) is 24.5 Å². The summed E-state index contributed by atoms with van der Waals surface area (Å²) in [5.74, 6) is -1.88. The van der Waals surface area contributed by atoms with Gasteiger partial charge in [0.1, 0.15) is 0 Å². The zero-order chi connectivity index (χ0) is 14.1. The molecule has 0 amide bonds. The lowest BCUT2D eigenvalue weighted by Crippen LogP contribution is -1.99. The molecule has 3 heteroatoms. The third kappa shape index (κ3) is 5.09. The van der Waals surface area contributed by atoms with E-state index < -0.39 is 11.6 Å². The van der Waals surface area contributed by atoms with Crippen molar-refractivity contribution in [1.82, 2.24) is 0 Å². The molecule has 1 aromatic rings. The molecule has 0 bridgehead atoms. The molecule has 1 nitrogen and oxygen atoms in total. The van der Waals surface area contributed by atoms with Crippen LogP contribution in [-0.2, 0) is 6.42 Å². The average Bonchev–Trinajstić information content (AvgIpc) is 2.42. The largest absolute Gasteiger partial charge is 0.298 e. The maximum atomic E-state index is 13.6. The number of benzene rings is 1. The maximum Gasteiger partial charge on any atom is 0.169 e. The lowest BCUT2D eigenvalue weighted by Gasteiger charge is -2.05. The highest BCUT2D eigenvalue weighted by molar-refractivity contribution is 5.75. The molecule has 0 N–H and O–H groups in total. The summed E-state index contributed by atoms with van der Waals surface area (Å²) in [5, 5.41) is 0. The molecule has 19 heavy (non-hydrogen) atoms. The number of aryl methyl sites for hydroxylation is 1. The van der Waals surface area contributed by atoms with Crippen molar-refractivity contribution in [2.45, 2.75) is 58.3 Å². The highest BCUT2D eigenvalue weighted by Gasteiger charge is 2.12. The zero-order valence-electron chi connectivity index (χ0n) is 11.6. The number of aldehydes is 1. The van der Waals surface area contributed by atoms with E-state index in [0.29, 0.717) is 18.3 Å². The van der Waals surface area contributed by atoms with Crippen LogP contribution < -0.4 is 0 Å². The Morgan fingerprint density at radius 2 is 1.58 bits per heavy atom. The highest BCUT2D eigenvalue weighted by Crippen LogP contribution is 2.18. The van der Waals surface area contributed by atoms with Gasteiger partial charge in [-0.1, -0.05) is 51.5 Å². The molecule has 1 rings (SSSR count). The van der Waals surface area contributed by atoms with Crippen molar-refractivity contribution in [3.63, 3.8) is 0 Å². The smallest absolute Gasteiger partial charge is 0.169 e. The van der Waals surface area contributed by atoms with E-state index in [1.54, 1.807) is 0 Å². The van der Waals surface area contributed by atoms with Gasteiger partial charge in [-0.15, -0.1) is 0 Å². The summed E-state index contributed by atoms with van der Waals surface area (Å²) >= 11 is 0. The number of carbonyl (C=O) groups is 1. The van der Waals surface area contributed by atoms with E-state index in [2.05, 4.69) is 6.92 Å². The van der Waals surface area contributed by atoms with Gasteiger partial charge in [0.05, 0.1) is 5.56 Å². The van der Waals surface area contributed by atoms with Crippen LogP contribution in [0.25, 0.3) is 0 Å². The fraction of sp³-hybridized carbons (Fsp3) is 0.562. The minimum atomic E-state index is -1.02. The zero-order valence-corrected chi connectivity index (χ0v) is 11.6. The molecule has 0 fully saturated rings. The molecule has 0 spiro atoms. The van der Waals surface area contributed by atoms with Crippen LogP contribution >= 0.6 is 0 Å². The molecule has 0 atom stereocenters. The van der Waals surface area contributed by atoms with Crippen molar-refractivity contribution in [2.24, 2.45) is 0 Å². The first-order valence-corrected chi connectivity index (χ1v) is 7.12. The third-order valence-corrected chi connectivity index (χ3v) is 3.37. The minimum Gasteiger partial charge on any atom is -0.298 e. The quantitative estimate of drug-likeness (QED) is 0.451. The first-order valence-electron chi connectivity index (χ1n) is 7.12. The van der Waals surface area contributed by atoms with Crippen molar-refractivity contribution in [2.75, 3.05) is 0 Å². The van der Waals surface area contributed by atoms with E-state index in [4.69, 9.17) is 0 Å². The lowest BCUT2D eigenvalue weighted by molar-refractivity contribution is 0.111. The van der Waals surface area contributed by atoms with E-state index in [1.165, 1.54) is 37.8 Å². The van der Waals surface area contributed by atoms with Gasteiger partial charge < -0.3 is 0 Å². The van der Waals surface area contributed by atoms with Gasteiger partial charge in [0, 0.05) is 0 Å². The number of hydrogen-bond acceptors (Lipinski definition) is 1. The molecule has 0 aliphatic rings. The maximum absolute atomic E-state index is 13.6. The van der Waals surface area contributed by atoms with Crippen LogP contribution in [0, 0.1) is 11.6 Å². The van der Waals surface area contributed by atoms with Gasteiger partial charge in [0.15, 0.2) is 17.9 Å². The second kappa shape index (κ2) is 8.78. The van der Waals surface area contributed by atoms with Gasteiger partial charge in [-0.25, -0.2) is 8.78 Å². The minimum absolute atomic E-state index is 0.208. The summed E-state index contributed by atoms with van der Waals surface area (Å²) in [5.41, 5.74) is 0.164. The molecule has 1 aromatic carbocycles. The summed E-state index contributed by atoms with van der Waals surface area (Å²) < 4.78 is 27.0. The van der Waals surface area contributed by atoms with Crippen LogP contribution in [0.5, 0.6) is 0 Å². The standard InChI is InChI=1S/C16H22F2O/c1-2-3-4-5-6-7-8-9-13-10-11-14(12-19)16(18)15(13)17/h10-12H,2-9H2,1H3. The topological polar surface area (TPSA) is 17.1 Å². The van der Waals surface area contributed by atoms with Crippen LogP contribution in [0.1, 0.15) is 67.8 Å². The summed E-state index contributed by atoms with van der Waals surface area (Å²) in [4.78, 5) is 10.5. The first-order chi connectivity index (χ1) is 9.20. The Morgan fingerprint density at radius 3 is 2.21 bits per heavy atom. The number of unbranched alkanes of at least 4 members (excludes halogenated alkanes) is 6. The summed E-state index contributed by atoms with van der Waals surface area (Å²) in [7, 11) is 0. The Morgan fingerprint density at radius 1 is 0.947 bits per heavy atom. The van der Waals surface area contributed by atoms with Crippen LogP contribution in [0.2, 0.25) is 0 Å². The Kier molecular flexibility index (Phi) is 7.31. The lowest BCUT2D eigenvalue weighted by atomic mass is 10.0. The van der Waals surface area contributed by atoms with E-state index in [-0.39, 0.29) is 5.56 Å². The SMILES string of the molecule is CCCCCCCCCc1ccc(C=O)c(F)c1F. The van der Waals surface area contributed by atoms with Crippen LogP contribution in [0.4, 0.5) is 8.78 Å². The van der Waals surface area contributed by atoms with Gasteiger partial charge in [0.2, 0.25) is 0 Å². The number of halogens is 2. The first kappa shape index (κ1) is 15.8. The summed E-state index contributed by atoms with van der Waals surface area (Å²) in [6, 6.07) is 2.86. The van der Waals surface area contributed by atoms with Gasteiger partial charge in [0.25, 0.3) is 0 Å². The monoisotopic (exact) mass is 268 g/mol. The predicted octanol–water partition coefficient (Wildman–Crippen LogP) is 5.07. The normalized spacial score (nSPS) is 10.7. The summed E-state index contributed by atoms with van der Waals surface area (Å²) in [6.45, 7) is 2.18. The Balaban J connectivity index is 2.34. The molecule has 0 saturated heterocycles. The molecule has 106 valence electrons. The molecule has 0 aromatic heterocycles. The van der Waals surface area contributed by atoms with Crippen molar-refractivity contribution in [1.29, 1.82) is 0 Å². The van der Waals surface area contributed by atoms with E-state index >= 15 is 0 Å². The number of carbonyl (C=O) groups excluding carboxylic acids is 1. The Bertz CT molecular complexity index is 402. The fourth-order valence-corrected chi connectivity index (χ4v) is 2.16. The molecular formula is C16H22F2O. The van der Waals surface area contributed by atoms with E-state index in [1.807, 2.05) is 0 Å². The number of rotatable bonds is 9. The highest BCUT2D eigenvalue weighted by atomic mass is 19.2. The van der Waals surface area contributed by atoms with Crippen molar-refractivity contribution in [3.05, 3.63) is 34.9 Å². The van der Waals surface area contributed by atoms with Crippen molar-refractivity contribution < 1.29 is 13.6 Å². The van der Waals surface area contributed by atoms with Crippen molar-refractivity contribution >= 4 is 6.29 Å². The second-order valence-corrected chi connectivity index (χ2v) is 4.93. The van der Waals surface area contributed by atoms with Crippen LogP contribution in [0.15, 0.2) is 12.1 Å². The molecule has 0 radical (unpaired) electrons. The van der Waals surface area contributed by atoms with Gasteiger partial charge in [-0.3, -0.25) is 4.79 Å². The van der Waals surface area contributed by atoms with Crippen molar-refractivity contribution in [3.8, 4) is 0 Å². The molecule has 0 aliphatic heterocycles. The van der Waals surface area contributed by atoms with E-state index in [0.717, 1.165) is 19.3 Å². The molecule has 0 unspecified atom stereocenters. The Hall–Kier alpha value is -1.25. The molecule has 0 heterocycles. The van der Waals surface area contributed by atoms with Gasteiger partial charge >= 0.3 is 0 Å².